The van der Waals surface area contributed by atoms with E-state index in [0.717, 1.165) is 0 Å². The number of urea groups is 1. The number of nitrogens with two attached hydrogens (primary N) is 1. The topological polar surface area (TPSA) is 75.4 Å². The van der Waals surface area contributed by atoms with Gasteiger partial charge in [0.05, 0.1) is 5.92 Å². The van der Waals surface area contributed by atoms with Crippen LogP contribution in [-0.2, 0) is 10.2 Å². The highest BCUT2D eigenvalue weighted by Gasteiger charge is 2.33. The number of carbonyl (C=O) groups excluding carboxylic acids is 2. The van der Waals surface area contributed by atoms with E-state index in [4.69, 9.17) is 5.73 Å². The highest BCUT2D eigenvalue weighted by atomic mass is 16.2. The molecule has 1 aliphatic rings. The first-order chi connectivity index (χ1) is 10.3. The van der Waals surface area contributed by atoms with Gasteiger partial charge in [-0.25, -0.2) is 4.79 Å². The summed E-state index contributed by atoms with van der Waals surface area (Å²) in [6.45, 7) is 7.23. The Hall–Kier alpha value is -2.04. The van der Waals surface area contributed by atoms with Crippen molar-refractivity contribution in [2.75, 3.05) is 13.1 Å². The lowest BCUT2D eigenvalue weighted by Gasteiger charge is -2.34. The molecule has 0 radical (unpaired) electrons. The zero-order chi connectivity index (χ0) is 16.3. The molecule has 2 rings (SSSR count). The third kappa shape index (κ3) is 3.40. The zero-order valence-corrected chi connectivity index (χ0v) is 13.5. The van der Waals surface area contributed by atoms with Crippen molar-refractivity contribution in [3.05, 3.63) is 35.9 Å². The number of benzene rings is 1. The number of amides is 3. The molecule has 1 aromatic rings. The van der Waals surface area contributed by atoms with Gasteiger partial charge in [0.2, 0.25) is 5.91 Å². The molecule has 1 aromatic carbocycles. The van der Waals surface area contributed by atoms with Crippen molar-refractivity contribution in [2.45, 2.75) is 38.6 Å². The summed E-state index contributed by atoms with van der Waals surface area (Å²) in [5.74, 6) is -0.545. The first-order valence-electron chi connectivity index (χ1n) is 7.72. The molecule has 0 aromatic heterocycles. The lowest BCUT2D eigenvalue weighted by atomic mass is 9.78. The highest BCUT2D eigenvalue weighted by Crippen LogP contribution is 2.27. The van der Waals surface area contributed by atoms with Crippen LogP contribution >= 0.6 is 0 Å². The summed E-state index contributed by atoms with van der Waals surface area (Å²) in [7, 11) is 0. The molecule has 3 amide bonds. The molecule has 0 aliphatic carbocycles. The molecule has 5 heteroatoms. The van der Waals surface area contributed by atoms with Crippen LogP contribution < -0.4 is 11.1 Å². The smallest absolute Gasteiger partial charge is 0.317 e. The number of hydrogen-bond donors (Lipinski definition) is 2. The van der Waals surface area contributed by atoms with Gasteiger partial charge in [-0.1, -0.05) is 44.2 Å². The molecule has 1 saturated heterocycles. The van der Waals surface area contributed by atoms with Crippen LogP contribution in [0.15, 0.2) is 30.3 Å². The Morgan fingerprint density at radius 1 is 1.32 bits per heavy atom. The third-order valence-electron chi connectivity index (χ3n) is 4.82. The van der Waals surface area contributed by atoms with Gasteiger partial charge in [0.15, 0.2) is 0 Å². The minimum absolute atomic E-state index is 0.0324. The maximum Gasteiger partial charge on any atom is 0.317 e. The molecule has 3 N–H and O–H groups in total. The van der Waals surface area contributed by atoms with Crippen molar-refractivity contribution < 1.29 is 9.59 Å². The van der Waals surface area contributed by atoms with E-state index in [0.29, 0.717) is 19.5 Å². The number of likely N-dealkylation sites (tertiary alicyclic amines) is 1. The van der Waals surface area contributed by atoms with Crippen molar-refractivity contribution in [1.29, 1.82) is 0 Å². The Bertz CT molecular complexity index is 542. The van der Waals surface area contributed by atoms with Crippen LogP contribution in [0.3, 0.4) is 0 Å². The predicted molar refractivity (Wildman–Crippen MR) is 86.3 cm³/mol. The second kappa shape index (κ2) is 6.38. The van der Waals surface area contributed by atoms with E-state index in [9.17, 15) is 9.59 Å². The van der Waals surface area contributed by atoms with Crippen LogP contribution in [0.2, 0.25) is 0 Å². The number of nitrogens with zero attached hydrogens (tertiary/aromatic N) is 1. The van der Waals surface area contributed by atoms with Gasteiger partial charge in [-0.3, -0.25) is 4.79 Å². The zero-order valence-electron chi connectivity index (χ0n) is 13.5. The van der Waals surface area contributed by atoms with Gasteiger partial charge in [-0.15, -0.1) is 0 Å². The van der Waals surface area contributed by atoms with E-state index in [2.05, 4.69) is 31.3 Å². The molecule has 0 saturated carbocycles. The summed E-state index contributed by atoms with van der Waals surface area (Å²) in [5.41, 5.74) is 6.31. The summed E-state index contributed by atoms with van der Waals surface area (Å²) in [6.07, 6.45) is 0.652. The Balaban J connectivity index is 1.98. The van der Waals surface area contributed by atoms with Crippen molar-refractivity contribution in [3.8, 4) is 0 Å². The van der Waals surface area contributed by atoms with Gasteiger partial charge in [0.25, 0.3) is 0 Å². The summed E-state index contributed by atoms with van der Waals surface area (Å²) < 4.78 is 0. The quantitative estimate of drug-likeness (QED) is 0.891. The van der Waals surface area contributed by atoms with Gasteiger partial charge >= 0.3 is 6.03 Å². The number of carbonyl (C=O) groups is 2. The Labute approximate surface area is 131 Å². The number of hydrogen-bond acceptors (Lipinski definition) is 2. The molecule has 1 heterocycles. The molecular formula is C17H25N3O2. The molecule has 5 nitrogen and oxygen atoms in total. The van der Waals surface area contributed by atoms with Crippen LogP contribution in [0, 0.1) is 5.92 Å². The van der Waals surface area contributed by atoms with Gasteiger partial charge in [0, 0.05) is 24.5 Å². The van der Waals surface area contributed by atoms with Crippen LogP contribution in [0.1, 0.15) is 32.8 Å². The maximum absolute atomic E-state index is 12.4. The van der Waals surface area contributed by atoms with Crippen LogP contribution in [-0.4, -0.2) is 36.0 Å². The average molecular weight is 303 g/mol. The number of nitrogens with one attached hydrogen (secondary N) is 1. The van der Waals surface area contributed by atoms with Crippen molar-refractivity contribution >= 4 is 11.9 Å². The van der Waals surface area contributed by atoms with Gasteiger partial charge in [-0.2, -0.15) is 0 Å². The minimum Gasteiger partial charge on any atom is -0.369 e. The Morgan fingerprint density at radius 2 is 1.95 bits per heavy atom. The lowest BCUT2D eigenvalue weighted by molar-refractivity contribution is -0.121. The molecular weight excluding hydrogens is 278 g/mol. The fraction of sp³-hybridized carbons (Fsp3) is 0.529. The Morgan fingerprint density at radius 3 is 2.50 bits per heavy atom. The summed E-state index contributed by atoms with van der Waals surface area (Å²) in [5, 5.41) is 3.05. The summed E-state index contributed by atoms with van der Waals surface area (Å²) in [6, 6.07) is 9.98. The first-order valence-corrected chi connectivity index (χ1v) is 7.72. The normalized spacial score (nSPS) is 19.8. The van der Waals surface area contributed by atoms with Gasteiger partial charge in [-0.05, 0) is 18.9 Å². The highest BCUT2D eigenvalue weighted by molar-refractivity contribution is 5.80. The Kier molecular flexibility index (Phi) is 4.74. The molecule has 0 bridgehead atoms. The molecule has 0 spiro atoms. The van der Waals surface area contributed by atoms with Gasteiger partial charge in [0.1, 0.15) is 0 Å². The fourth-order valence-corrected chi connectivity index (χ4v) is 2.75. The first kappa shape index (κ1) is 16.3. The molecule has 2 atom stereocenters. The van der Waals surface area contributed by atoms with E-state index >= 15 is 0 Å². The maximum atomic E-state index is 12.4. The van der Waals surface area contributed by atoms with Gasteiger partial charge < -0.3 is 16.0 Å². The lowest BCUT2D eigenvalue weighted by Crippen LogP contribution is -2.50. The second-order valence-electron chi connectivity index (χ2n) is 6.59. The van der Waals surface area contributed by atoms with Crippen molar-refractivity contribution in [2.24, 2.45) is 11.7 Å². The summed E-state index contributed by atoms with van der Waals surface area (Å²) in [4.78, 5) is 25.2. The van der Waals surface area contributed by atoms with E-state index in [-0.39, 0.29) is 29.3 Å². The van der Waals surface area contributed by atoms with Crippen LogP contribution in [0.4, 0.5) is 4.79 Å². The monoisotopic (exact) mass is 303 g/mol. The summed E-state index contributed by atoms with van der Waals surface area (Å²) >= 11 is 0. The fourth-order valence-electron chi connectivity index (χ4n) is 2.75. The second-order valence-corrected chi connectivity index (χ2v) is 6.59. The standard InChI is InChI=1S/C17H25N3O2/c1-12(17(2,3)14-7-5-4-6-8-14)19-16(22)20-10-9-13(11-20)15(18)21/h4-8,12-13H,9-11H2,1-3H3,(H2,18,21)(H,19,22)/t12-,13-/m1/s1. The van der Waals surface area contributed by atoms with E-state index in [1.54, 1.807) is 4.90 Å². The largest absolute Gasteiger partial charge is 0.369 e. The molecule has 22 heavy (non-hydrogen) atoms. The van der Waals surface area contributed by atoms with E-state index < -0.39 is 0 Å². The van der Waals surface area contributed by atoms with Crippen molar-refractivity contribution in [3.63, 3.8) is 0 Å². The van der Waals surface area contributed by atoms with Crippen molar-refractivity contribution in [1.82, 2.24) is 10.2 Å². The minimum atomic E-state index is -0.326. The molecule has 1 aliphatic heterocycles. The molecule has 0 unspecified atom stereocenters. The molecule has 1 fully saturated rings. The SMILES string of the molecule is C[C@@H](NC(=O)N1CC[C@@H](C(N)=O)C1)C(C)(C)c1ccccc1. The average Bonchev–Trinajstić information content (AvgIpc) is 2.98. The predicted octanol–water partition coefficient (Wildman–Crippen LogP) is 1.87. The third-order valence-corrected chi connectivity index (χ3v) is 4.82. The van der Waals surface area contributed by atoms with Crippen LogP contribution in [0.25, 0.3) is 0 Å². The van der Waals surface area contributed by atoms with E-state index in [1.165, 1.54) is 5.56 Å². The number of rotatable bonds is 4. The van der Waals surface area contributed by atoms with Crippen LogP contribution in [0.5, 0.6) is 0 Å². The molecule has 120 valence electrons. The van der Waals surface area contributed by atoms with E-state index in [1.807, 2.05) is 25.1 Å². The number of primary amides is 1.